The zero-order chi connectivity index (χ0) is 14.3. The van der Waals surface area contributed by atoms with E-state index in [4.69, 9.17) is 11.6 Å². The van der Waals surface area contributed by atoms with Crippen LogP contribution in [0.3, 0.4) is 0 Å². The van der Waals surface area contributed by atoms with Gasteiger partial charge in [0.1, 0.15) is 5.15 Å². The van der Waals surface area contributed by atoms with Crippen LogP contribution < -0.4 is 0 Å². The molecule has 2 fully saturated rings. The van der Waals surface area contributed by atoms with E-state index in [0.29, 0.717) is 24.9 Å². The number of fused-ring (bicyclic) bond motifs is 1. The molecule has 1 aliphatic carbocycles. The van der Waals surface area contributed by atoms with Crippen LogP contribution >= 0.6 is 11.6 Å². The first-order valence-corrected chi connectivity index (χ1v) is 8.99. The number of nitrogens with zero attached hydrogens (tertiary/aromatic N) is 3. The van der Waals surface area contributed by atoms with Crippen molar-refractivity contribution in [2.24, 2.45) is 18.9 Å². The largest absolute Gasteiger partial charge is 0.324 e. The molecular weight excluding hydrogens is 298 g/mol. The van der Waals surface area contributed by atoms with E-state index in [9.17, 15) is 8.42 Å². The zero-order valence-electron chi connectivity index (χ0n) is 11.6. The van der Waals surface area contributed by atoms with Gasteiger partial charge in [-0.15, -0.1) is 0 Å². The molecule has 0 spiro atoms. The number of aryl methyl sites for hydroxylation is 1. The second-order valence-electron chi connectivity index (χ2n) is 5.91. The van der Waals surface area contributed by atoms with Gasteiger partial charge in [0.25, 0.3) is 10.0 Å². The van der Waals surface area contributed by atoms with Crippen molar-refractivity contribution in [3.63, 3.8) is 0 Å². The fraction of sp³-hybridized carbons (Fsp3) is 0.769. The maximum atomic E-state index is 12.7. The van der Waals surface area contributed by atoms with Crippen molar-refractivity contribution < 1.29 is 8.42 Å². The molecule has 2 aliphatic rings. The highest BCUT2D eigenvalue weighted by molar-refractivity contribution is 7.89. The zero-order valence-corrected chi connectivity index (χ0v) is 13.2. The Hall–Kier alpha value is -0.590. The number of hydrogen-bond donors (Lipinski definition) is 0. The Morgan fingerprint density at radius 3 is 2.60 bits per heavy atom. The number of hydrogen-bond acceptors (Lipinski definition) is 3. The van der Waals surface area contributed by atoms with E-state index in [1.165, 1.54) is 30.2 Å². The van der Waals surface area contributed by atoms with Gasteiger partial charge in [-0.1, -0.05) is 30.9 Å². The summed E-state index contributed by atoms with van der Waals surface area (Å²) >= 11 is 6.04. The molecule has 0 bridgehead atoms. The van der Waals surface area contributed by atoms with E-state index in [2.05, 4.69) is 4.98 Å². The molecule has 0 radical (unpaired) electrons. The molecule has 2 atom stereocenters. The van der Waals surface area contributed by atoms with E-state index < -0.39 is 10.0 Å². The van der Waals surface area contributed by atoms with Crippen molar-refractivity contribution >= 4 is 21.6 Å². The minimum atomic E-state index is -3.55. The Morgan fingerprint density at radius 2 is 1.95 bits per heavy atom. The minimum Gasteiger partial charge on any atom is -0.324 e. The van der Waals surface area contributed by atoms with Gasteiger partial charge < -0.3 is 4.57 Å². The van der Waals surface area contributed by atoms with Crippen LogP contribution in [0.1, 0.15) is 32.1 Å². The standard InChI is InChI=1S/C13H20ClN3O2S/c1-16-9-15-13(12(16)14)20(18,19)17-7-6-10-4-2-3-5-11(10)8-17/h9-11H,2-8H2,1H3/t10-,11-/m1/s1. The summed E-state index contributed by atoms with van der Waals surface area (Å²) in [5.41, 5.74) is 0. The van der Waals surface area contributed by atoms with Crippen molar-refractivity contribution in [3.05, 3.63) is 11.5 Å². The van der Waals surface area contributed by atoms with Gasteiger partial charge in [0.2, 0.25) is 5.03 Å². The summed E-state index contributed by atoms with van der Waals surface area (Å²) in [5.74, 6) is 1.21. The second kappa shape index (κ2) is 5.31. The smallest absolute Gasteiger partial charge is 0.263 e. The quantitative estimate of drug-likeness (QED) is 0.841. The van der Waals surface area contributed by atoms with E-state index in [1.807, 2.05) is 0 Å². The average molecular weight is 318 g/mol. The van der Waals surface area contributed by atoms with Crippen LogP contribution in [0, 0.1) is 11.8 Å². The topological polar surface area (TPSA) is 55.2 Å². The summed E-state index contributed by atoms with van der Waals surface area (Å²) in [7, 11) is -1.86. The highest BCUT2D eigenvalue weighted by atomic mass is 35.5. The number of aromatic nitrogens is 2. The van der Waals surface area contributed by atoms with Crippen molar-refractivity contribution in [2.75, 3.05) is 13.1 Å². The van der Waals surface area contributed by atoms with Gasteiger partial charge in [0.05, 0.1) is 6.33 Å². The third kappa shape index (κ3) is 2.38. The maximum absolute atomic E-state index is 12.7. The van der Waals surface area contributed by atoms with Crippen LogP contribution in [0.15, 0.2) is 11.4 Å². The first-order valence-electron chi connectivity index (χ1n) is 7.17. The molecule has 0 amide bonds. The first kappa shape index (κ1) is 14.4. The molecular formula is C13H20ClN3O2S. The Kier molecular flexibility index (Phi) is 3.81. The predicted molar refractivity (Wildman–Crippen MR) is 77.0 cm³/mol. The van der Waals surface area contributed by atoms with Crippen LogP contribution in [0.5, 0.6) is 0 Å². The molecule has 1 aromatic heterocycles. The van der Waals surface area contributed by atoms with Crippen LogP contribution in [0.2, 0.25) is 5.15 Å². The summed E-state index contributed by atoms with van der Waals surface area (Å²) in [6.07, 6.45) is 7.33. The van der Waals surface area contributed by atoms with E-state index in [-0.39, 0.29) is 10.2 Å². The third-order valence-corrected chi connectivity index (χ3v) is 7.03. The Labute approximate surface area is 125 Å². The van der Waals surface area contributed by atoms with Gasteiger partial charge in [-0.3, -0.25) is 0 Å². The lowest BCUT2D eigenvalue weighted by atomic mass is 9.76. The molecule has 1 saturated heterocycles. The van der Waals surface area contributed by atoms with Crippen molar-refractivity contribution in [1.29, 1.82) is 0 Å². The van der Waals surface area contributed by atoms with Crippen molar-refractivity contribution in [2.45, 2.75) is 37.1 Å². The monoisotopic (exact) mass is 317 g/mol. The Bertz CT molecular complexity index is 599. The Morgan fingerprint density at radius 1 is 1.25 bits per heavy atom. The molecule has 20 heavy (non-hydrogen) atoms. The fourth-order valence-corrected chi connectivity index (χ4v) is 5.38. The van der Waals surface area contributed by atoms with E-state index in [0.717, 1.165) is 12.8 Å². The van der Waals surface area contributed by atoms with Gasteiger partial charge in [-0.2, -0.15) is 4.31 Å². The molecule has 0 aromatic carbocycles. The molecule has 112 valence electrons. The lowest BCUT2D eigenvalue weighted by molar-refractivity contribution is 0.136. The van der Waals surface area contributed by atoms with E-state index >= 15 is 0 Å². The molecule has 1 aliphatic heterocycles. The number of halogens is 1. The third-order valence-electron chi connectivity index (χ3n) is 4.67. The van der Waals surface area contributed by atoms with Gasteiger partial charge in [-0.05, 0) is 24.7 Å². The average Bonchev–Trinajstić information content (AvgIpc) is 2.79. The molecule has 0 N–H and O–H groups in total. The molecule has 1 saturated carbocycles. The number of piperidine rings is 1. The van der Waals surface area contributed by atoms with Crippen LogP contribution in [0.4, 0.5) is 0 Å². The minimum absolute atomic E-state index is 0.00377. The van der Waals surface area contributed by atoms with Crippen molar-refractivity contribution in [1.82, 2.24) is 13.9 Å². The summed E-state index contributed by atoms with van der Waals surface area (Å²) < 4.78 is 28.4. The number of rotatable bonds is 2. The predicted octanol–water partition coefficient (Wildman–Crippen LogP) is 2.27. The number of imidazole rings is 1. The molecule has 1 aromatic rings. The van der Waals surface area contributed by atoms with E-state index in [1.54, 1.807) is 11.4 Å². The molecule has 5 nitrogen and oxygen atoms in total. The van der Waals surface area contributed by atoms with Crippen LogP contribution in [-0.4, -0.2) is 35.4 Å². The summed E-state index contributed by atoms with van der Waals surface area (Å²) in [6.45, 7) is 1.22. The Balaban J connectivity index is 1.83. The summed E-state index contributed by atoms with van der Waals surface area (Å²) in [6, 6.07) is 0. The lowest BCUT2D eigenvalue weighted by Gasteiger charge is -2.40. The van der Waals surface area contributed by atoms with Gasteiger partial charge in [0.15, 0.2) is 0 Å². The second-order valence-corrected chi connectivity index (χ2v) is 8.12. The van der Waals surface area contributed by atoms with Gasteiger partial charge in [-0.25, -0.2) is 13.4 Å². The maximum Gasteiger partial charge on any atom is 0.263 e. The van der Waals surface area contributed by atoms with Gasteiger partial charge >= 0.3 is 0 Å². The van der Waals surface area contributed by atoms with Crippen LogP contribution in [-0.2, 0) is 17.1 Å². The SMILES string of the molecule is Cn1cnc(S(=O)(=O)N2CC[C@H]3CCCC[C@@H]3C2)c1Cl. The highest BCUT2D eigenvalue weighted by Gasteiger charge is 2.38. The normalized spacial score (nSPS) is 28.3. The highest BCUT2D eigenvalue weighted by Crippen LogP contribution is 2.38. The molecule has 0 unspecified atom stereocenters. The number of sulfonamides is 1. The first-order chi connectivity index (χ1) is 9.50. The molecule has 3 rings (SSSR count). The van der Waals surface area contributed by atoms with Crippen LogP contribution in [0.25, 0.3) is 0 Å². The molecule has 7 heteroatoms. The lowest BCUT2D eigenvalue weighted by Crippen LogP contribution is -2.44. The molecule has 2 heterocycles. The summed E-state index contributed by atoms with van der Waals surface area (Å²) in [4.78, 5) is 3.97. The van der Waals surface area contributed by atoms with Gasteiger partial charge in [0, 0.05) is 20.1 Å². The fourth-order valence-electron chi connectivity index (χ4n) is 3.47. The summed E-state index contributed by atoms with van der Waals surface area (Å²) in [5, 5.41) is 0.187. The van der Waals surface area contributed by atoms with Crippen molar-refractivity contribution in [3.8, 4) is 0 Å².